The molecule has 2 heterocycles. The topological polar surface area (TPSA) is 74.6 Å². The highest BCUT2D eigenvalue weighted by atomic mass is 16.3. The number of carbonyl (C=O) groups is 1. The molecule has 0 saturated carbocycles. The Morgan fingerprint density at radius 2 is 2.05 bits per heavy atom. The number of aromatic nitrogens is 1. The van der Waals surface area contributed by atoms with Gasteiger partial charge in [0.15, 0.2) is 5.78 Å². The van der Waals surface area contributed by atoms with Crippen molar-refractivity contribution < 1.29 is 9.90 Å². The molecule has 5 nitrogen and oxygen atoms in total. The van der Waals surface area contributed by atoms with Gasteiger partial charge in [0.05, 0.1) is 11.4 Å². The summed E-state index contributed by atoms with van der Waals surface area (Å²) in [5.74, 6) is 0.622. The number of allylic oxidation sites excluding steroid dienone is 1. The average Bonchev–Trinajstić information content (AvgIpc) is 2.38. The number of hydrogen-bond donors (Lipinski definition) is 2. The number of hydrogen-bond acceptors (Lipinski definition) is 5. The summed E-state index contributed by atoms with van der Waals surface area (Å²) in [6.45, 7) is 7.48. The van der Waals surface area contributed by atoms with Crippen LogP contribution in [0, 0.1) is 6.92 Å². The van der Waals surface area contributed by atoms with Crippen LogP contribution in [0.4, 0.5) is 0 Å². The van der Waals surface area contributed by atoms with Crippen LogP contribution >= 0.6 is 0 Å². The highest BCUT2D eigenvalue weighted by Crippen LogP contribution is 2.29. The van der Waals surface area contributed by atoms with E-state index in [1.54, 1.807) is 26.0 Å². The Morgan fingerprint density at radius 1 is 1.35 bits per heavy atom. The molecule has 1 atom stereocenters. The van der Waals surface area contributed by atoms with E-state index >= 15 is 0 Å². The van der Waals surface area contributed by atoms with Crippen molar-refractivity contribution in [1.82, 2.24) is 10.3 Å². The molecule has 1 aromatic rings. The van der Waals surface area contributed by atoms with Crippen LogP contribution in [0.25, 0.3) is 0 Å². The molecule has 1 aliphatic rings. The normalized spacial score (nSPS) is 22.1. The second kappa shape index (κ2) is 5.07. The standard InChI is InChI=1S/C15H19N3O2/c1-9(2)17-14-15(4,13(20)7-8-16-14)12-6-5-11(19)10(3)18-12/h5-9,19H,1-4H3,(H,16,17). The van der Waals surface area contributed by atoms with Gasteiger partial charge in [0.2, 0.25) is 0 Å². The molecule has 20 heavy (non-hydrogen) atoms. The molecule has 106 valence electrons. The van der Waals surface area contributed by atoms with E-state index in [-0.39, 0.29) is 17.6 Å². The molecule has 0 aliphatic carbocycles. The van der Waals surface area contributed by atoms with Gasteiger partial charge in [-0.25, -0.2) is 4.99 Å². The second-order valence-corrected chi connectivity index (χ2v) is 5.38. The first-order valence-corrected chi connectivity index (χ1v) is 6.58. The molecular formula is C15H19N3O2. The monoisotopic (exact) mass is 273 g/mol. The molecule has 0 saturated heterocycles. The van der Waals surface area contributed by atoms with Crippen molar-refractivity contribution in [2.75, 3.05) is 0 Å². The maximum atomic E-state index is 12.4. The Balaban J connectivity index is 2.53. The molecule has 0 radical (unpaired) electrons. The van der Waals surface area contributed by atoms with Crippen LogP contribution in [0.15, 0.2) is 29.4 Å². The maximum Gasteiger partial charge on any atom is 0.176 e. The number of aliphatic imine (C=N–C) groups is 1. The zero-order valence-corrected chi connectivity index (χ0v) is 12.1. The summed E-state index contributed by atoms with van der Waals surface area (Å²) >= 11 is 0. The van der Waals surface area contributed by atoms with E-state index in [2.05, 4.69) is 15.3 Å². The van der Waals surface area contributed by atoms with Gasteiger partial charge in [-0.05, 0) is 39.8 Å². The highest BCUT2D eigenvalue weighted by molar-refractivity contribution is 6.18. The molecule has 1 aliphatic heterocycles. The highest BCUT2D eigenvalue weighted by Gasteiger charge is 2.42. The van der Waals surface area contributed by atoms with Gasteiger partial charge in [0.1, 0.15) is 17.0 Å². The first kappa shape index (κ1) is 14.2. The summed E-state index contributed by atoms with van der Waals surface area (Å²) in [6.07, 6.45) is 2.96. The molecular weight excluding hydrogens is 254 g/mol. The van der Waals surface area contributed by atoms with Gasteiger partial charge < -0.3 is 10.4 Å². The fourth-order valence-corrected chi connectivity index (χ4v) is 2.13. The fourth-order valence-electron chi connectivity index (χ4n) is 2.13. The van der Waals surface area contributed by atoms with Crippen LogP contribution in [-0.4, -0.2) is 27.8 Å². The Kier molecular flexibility index (Phi) is 3.61. The van der Waals surface area contributed by atoms with Gasteiger partial charge in [0, 0.05) is 18.3 Å². The minimum atomic E-state index is -0.947. The summed E-state index contributed by atoms with van der Waals surface area (Å²) in [5, 5.41) is 12.8. The van der Waals surface area contributed by atoms with Crippen molar-refractivity contribution in [3.63, 3.8) is 0 Å². The first-order chi connectivity index (χ1) is 9.35. The Bertz CT molecular complexity index is 605. The lowest BCUT2D eigenvalue weighted by Gasteiger charge is -2.31. The van der Waals surface area contributed by atoms with Crippen molar-refractivity contribution in [3.8, 4) is 5.75 Å². The van der Waals surface area contributed by atoms with Crippen LogP contribution in [0.2, 0.25) is 0 Å². The maximum absolute atomic E-state index is 12.4. The van der Waals surface area contributed by atoms with Gasteiger partial charge in [-0.1, -0.05) is 0 Å². The van der Waals surface area contributed by atoms with Crippen molar-refractivity contribution >= 4 is 11.6 Å². The van der Waals surface area contributed by atoms with E-state index in [0.29, 0.717) is 17.2 Å². The molecule has 0 amide bonds. The molecule has 0 fully saturated rings. The van der Waals surface area contributed by atoms with Crippen molar-refractivity contribution in [1.29, 1.82) is 0 Å². The van der Waals surface area contributed by atoms with Crippen molar-refractivity contribution in [2.24, 2.45) is 4.99 Å². The lowest BCUT2D eigenvalue weighted by Crippen LogP contribution is -2.51. The predicted octanol–water partition coefficient (Wildman–Crippen LogP) is 1.85. The van der Waals surface area contributed by atoms with Gasteiger partial charge >= 0.3 is 0 Å². The third-order valence-corrected chi connectivity index (χ3v) is 3.39. The van der Waals surface area contributed by atoms with Gasteiger partial charge in [0.25, 0.3) is 0 Å². The van der Waals surface area contributed by atoms with Gasteiger partial charge in [-0.15, -0.1) is 0 Å². The SMILES string of the molecule is Cc1nc(C2(C)C(=O)C=CN=C2NC(C)C)ccc1O. The van der Waals surface area contributed by atoms with E-state index in [1.165, 1.54) is 12.3 Å². The van der Waals surface area contributed by atoms with E-state index in [0.717, 1.165) is 0 Å². The minimum Gasteiger partial charge on any atom is -0.506 e. The van der Waals surface area contributed by atoms with Gasteiger partial charge in [-0.2, -0.15) is 0 Å². The lowest BCUT2D eigenvalue weighted by atomic mass is 9.78. The summed E-state index contributed by atoms with van der Waals surface area (Å²) in [4.78, 5) is 21.0. The summed E-state index contributed by atoms with van der Waals surface area (Å²) in [7, 11) is 0. The number of carbonyl (C=O) groups excluding carboxylic acids is 1. The van der Waals surface area contributed by atoms with E-state index in [9.17, 15) is 9.90 Å². The molecule has 2 rings (SSSR count). The lowest BCUT2D eigenvalue weighted by molar-refractivity contribution is -0.117. The number of nitrogens with one attached hydrogen (secondary N) is 1. The Hall–Kier alpha value is -2.17. The average molecular weight is 273 g/mol. The number of amidine groups is 1. The van der Waals surface area contributed by atoms with Crippen LogP contribution in [0.5, 0.6) is 5.75 Å². The first-order valence-electron chi connectivity index (χ1n) is 6.58. The van der Waals surface area contributed by atoms with Gasteiger partial charge in [-0.3, -0.25) is 9.78 Å². The molecule has 0 aromatic carbocycles. The summed E-state index contributed by atoms with van der Waals surface area (Å²) in [5.41, 5.74) is 0.126. The largest absolute Gasteiger partial charge is 0.506 e. The number of nitrogens with zero attached hydrogens (tertiary/aromatic N) is 2. The summed E-state index contributed by atoms with van der Waals surface area (Å²) in [6, 6.07) is 3.38. The van der Waals surface area contributed by atoms with E-state index in [4.69, 9.17) is 0 Å². The molecule has 5 heteroatoms. The predicted molar refractivity (Wildman–Crippen MR) is 77.8 cm³/mol. The molecule has 0 bridgehead atoms. The summed E-state index contributed by atoms with van der Waals surface area (Å²) < 4.78 is 0. The zero-order valence-electron chi connectivity index (χ0n) is 12.1. The number of rotatable bonds is 2. The number of ketones is 1. The van der Waals surface area contributed by atoms with Crippen LogP contribution < -0.4 is 5.32 Å². The Morgan fingerprint density at radius 3 is 2.65 bits per heavy atom. The molecule has 0 spiro atoms. The van der Waals surface area contributed by atoms with E-state index < -0.39 is 5.41 Å². The van der Waals surface area contributed by atoms with Crippen LogP contribution in [0.3, 0.4) is 0 Å². The third kappa shape index (κ3) is 2.31. The molecule has 1 unspecified atom stereocenters. The quantitative estimate of drug-likeness (QED) is 0.862. The van der Waals surface area contributed by atoms with E-state index in [1.807, 2.05) is 13.8 Å². The fraction of sp³-hybridized carbons (Fsp3) is 0.400. The zero-order chi connectivity index (χ0) is 14.9. The number of aromatic hydroxyl groups is 1. The third-order valence-electron chi connectivity index (χ3n) is 3.39. The van der Waals surface area contributed by atoms with Crippen molar-refractivity contribution in [3.05, 3.63) is 35.8 Å². The molecule has 2 N–H and O–H groups in total. The van der Waals surface area contributed by atoms with Crippen LogP contribution in [0.1, 0.15) is 32.2 Å². The smallest absolute Gasteiger partial charge is 0.176 e. The van der Waals surface area contributed by atoms with Crippen LogP contribution in [-0.2, 0) is 10.2 Å². The number of aryl methyl sites for hydroxylation is 1. The van der Waals surface area contributed by atoms with Crippen molar-refractivity contribution in [2.45, 2.75) is 39.2 Å². The minimum absolute atomic E-state index is 0.0757. The Labute approximate surface area is 118 Å². The number of pyridine rings is 1. The molecule has 1 aromatic heterocycles. The second-order valence-electron chi connectivity index (χ2n) is 5.38.